The van der Waals surface area contributed by atoms with E-state index in [0.717, 1.165) is 0 Å². The summed E-state index contributed by atoms with van der Waals surface area (Å²) in [7, 11) is 0. The smallest absolute Gasteiger partial charge is 0.331 e. The summed E-state index contributed by atoms with van der Waals surface area (Å²) in [6, 6.07) is 0. The number of hydrogen-bond acceptors (Lipinski definition) is 9. The van der Waals surface area contributed by atoms with Crippen molar-refractivity contribution in [2.75, 3.05) is 0 Å². The Morgan fingerprint density at radius 1 is 1.07 bits per heavy atom. The van der Waals surface area contributed by atoms with E-state index in [1.807, 2.05) is 0 Å². The first-order valence-corrected chi connectivity index (χ1v) is 8.41. The number of epoxide rings is 1. The Hall–Kier alpha value is -2.68. The molecule has 27 heavy (non-hydrogen) atoms. The maximum Gasteiger partial charge on any atom is 0.331 e. The van der Waals surface area contributed by atoms with Gasteiger partial charge in [-0.1, -0.05) is 6.08 Å². The number of cyclic esters (lactones) is 1. The number of carbonyl (C=O) groups is 4. The van der Waals surface area contributed by atoms with Crippen molar-refractivity contribution in [1.29, 1.82) is 0 Å². The van der Waals surface area contributed by atoms with E-state index in [-0.39, 0.29) is 0 Å². The predicted molar refractivity (Wildman–Crippen MR) is 89.2 cm³/mol. The Labute approximate surface area is 156 Å². The highest BCUT2D eigenvalue weighted by molar-refractivity contribution is 5.83. The van der Waals surface area contributed by atoms with E-state index in [4.69, 9.17) is 23.7 Å². The van der Waals surface area contributed by atoms with Gasteiger partial charge in [0.25, 0.3) is 0 Å². The van der Waals surface area contributed by atoms with E-state index in [2.05, 4.69) is 0 Å². The molecule has 1 saturated heterocycles. The quantitative estimate of drug-likeness (QED) is 0.270. The van der Waals surface area contributed by atoms with Crippen molar-refractivity contribution in [1.82, 2.24) is 0 Å². The maximum absolute atomic E-state index is 11.5. The van der Waals surface area contributed by atoms with Gasteiger partial charge in [-0.15, -0.1) is 0 Å². The summed E-state index contributed by atoms with van der Waals surface area (Å²) in [6.07, 6.45) is 1.84. The van der Waals surface area contributed by atoms with E-state index in [9.17, 15) is 19.2 Å². The molecule has 0 aromatic rings. The second kappa shape index (κ2) is 8.81. The Balaban J connectivity index is 2.01. The molecule has 0 amide bonds. The maximum atomic E-state index is 11.5. The van der Waals surface area contributed by atoms with E-state index in [1.165, 1.54) is 32.9 Å². The molecule has 0 bridgehead atoms. The minimum Gasteiger partial charge on any atom is -0.459 e. The molecule has 2 heterocycles. The molecular weight excluding hydrogens is 360 g/mol. The zero-order valence-electron chi connectivity index (χ0n) is 15.4. The zero-order valence-corrected chi connectivity index (χ0v) is 15.4. The van der Waals surface area contributed by atoms with Crippen LogP contribution in [0.4, 0.5) is 0 Å². The minimum absolute atomic E-state index is 0.435. The summed E-state index contributed by atoms with van der Waals surface area (Å²) in [5.74, 6) is -2.09. The fourth-order valence-corrected chi connectivity index (χ4v) is 2.66. The lowest BCUT2D eigenvalue weighted by atomic mass is 10.0. The highest BCUT2D eigenvalue weighted by Gasteiger charge is 2.50. The molecule has 0 spiro atoms. The summed E-state index contributed by atoms with van der Waals surface area (Å²) in [5.41, 5.74) is 0. The summed E-state index contributed by atoms with van der Waals surface area (Å²) >= 11 is 0. The molecule has 2 rings (SSSR count). The molecule has 1 fully saturated rings. The topological polar surface area (TPSA) is 118 Å². The minimum atomic E-state index is -0.797. The lowest BCUT2D eigenvalue weighted by Crippen LogP contribution is -2.40. The van der Waals surface area contributed by atoms with Gasteiger partial charge in [-0.25, -0.2) is 4.79 Å². The lowest BCUT2D eigenvalue weighted by molar-refractivity contribution is -0.163. The molecule has 9 heteroatoms. The van der Waals surface area contributed by atoms with Gasteiger partial charge in [-0.2, -0.15) is 0 Å². The zero-order chi connectivity index (χ0) is 20.1. The number of rotatable bonds is 7. The van der Waals surface area contributed by atoms with E-state index >= 15 is 0 Å². The van der Waals surface area contributed by atoms with Crippen LogP contribution in [-0.4, -0.2) is 60.5 Å². The third-order valence-electron chi connectivity index (χ3n) is 3.79. The summed E-state index contributed by atoms with van der Waals surface area (Å²) < 4.78 is 26.0. The lowest BCUT2D eigenvalue weighted by Gasteiger charge is -2.25. The summed E-state index contributed by atoms with van der Waals surface area (Å²) in [6.45, 7) is 5.35. The average molecular weight is 382 g/mol. The Kier molecular flexibility index (Phi) is 6.73. The molecular formula is C18H22O9. The van der Waals surface area contributed by atoms with Gasteiger partial charge in [-0.05, 0) is 19.1 Å². The van der Waals surface area contributed by atoms with Crippen molar-refractivity contribution in [2.45, 2.75) is 64.3 Å². The van der Waals surface area contributed by atoms with Crippen molar-refractivity contribution in [3.8, 4) is 0 Å². The van der Waals surface area contributed by atoms with Gasteiger partial charge >= 0.3 is 23.9 Å². The van der Waals surface area contributed by atoms with E-state index < -0.39 is 60.5 Å². The monoisotopic (exact) mass is 382 g/mol. The largest absolute Gasteiger partial charge is 0.459 e. The molecule has 0 aliphatic carbocycles. The van der Waals surface area contributed by atoms with Gasteiger partial charge in [-0.3, -0.25) is 14.4 Å². The molecule has 9 nitrogen and oxygen atoms in total. The van der Waals surface area contributed by atoms with Gasteiger partial charge in [0.1, 0.15) is 18.3 Å². The van der Waals surface area contributed by atoms with E-state index in [0.29, 0.717) is 0 Å². The molecule has 0 saturated carbocycles. The Morgan fingerprint density at radius 3 is 2.33 bits per heavy atom. The van der Waals surface area contributed by atoms with Crippen LogP contribution in [0.15, 0.2) is 24.3 Å². The fraction of sp³-hybridized carbons (Fsp3) is 0.556. The van der Waals surface area contributed by atoms with Crippen LogP contribution in [0.2, 0.25) is 0 Å². The molecule has 0 aromatic carbocycles. The van der Waals surface area contributed by atoms with Crippen LogP contribution in [0.25, 0.3) is 0 Å². The first kappa shape index (κ1) is 20.6. The van der Waals surface area contributed by atoms with Crippen molar-refractivity contribution in [2.24, 2.45) is 0 Å². The Morgan fingerprint density at radius 2 is 1.74 bits per heavy atom. The standard InChI is InChI=1S/C18H22O9/c1-9(23-10(2)19)13(24-11(3)20)5-6-15-17(26-15)18-14(25-12(4)21)7-8-16(22)27-18/h5-9,13-15,17-18H,1-4H3/b6-5+/t9-,13-,14-,15-,17-,18-/m0/s1. The molecule has 0 unspecified atom stereocenters. The van der Waals surface area contributed by atoms with Gasteiger partial charge < -0.3 is 23.7 Å². The number of carbonyl (C=O) groups excluding carboxylic acids is 4. The Bertz CT molecular complexity index is 666. The van der Waals surface area contributed by atoms with Crippen LogP contribution in [0.3, 0.4) is 0 Å². The van der Waals surface area contributed by atoms with Gasteiger partial charge in [0, 0.05) is 26.8 Å². The third kappa shape index (κ3) is 6.21. The molecule has 0 radical (unpaired) electrons. The average Bonchev–Trinajstić information content (AvgIpc) is 3.31. The van der Waals surface area contributed by atoms with E-state index in [1.54, 1.807) is 19.1 Å². The SMILES string of the molecule is CC(=O)O[C@@H](C)[C@H](/C=C/[C@@H]1O[C@@H]1[C@H]1OC(=O)C=C[C@@H]1OC(C)=O)OC(C)=O. The van der Waals surface area contributed by atoms with Crippen molar-refractivity contribution in [3.05, 3.63) is 24.3 Å². The summed E-state index contributed by atoms with van der Waals surface area (Å²) in [4.78, 5) is 45.1. The molecule has 6 atom stereocenters. The number of hydrogen-bond donors (Lipinski definition) is 0. The van der Waals surface area contributed by atoms with Crippen LogP contribution in [0.1, 0.15) is 27.7 Å². The highest BCUT2D eigenvalue weighted by Crippen LogP contribution is 2.33. The van der Waals surface area contributed by atoms with Crippen molar-refractivity contribution in [3.63, 3.8) is 0 Å². The normalized spacial score (nSPS) is 28.8. The van der Waals surface area contributed by atoms with Crippen LogP contribution < -0.4 is 0 Å². The number of ether oxygens (including phenoxy) is 5. The van der Waals surface area contributed by atoms with Gasteiger partial charge in [0.2, 0.25) is 0 Å². The van der Waals surface area contributed by atoms with Crippen molar-refractivity contribution < 1.29 is 42.9 Å². The van der Waals surface area contributed by atoms with Crippen molar-refractivity contribution >= 4 is 23.9 Å². The molecule has 0 aromatic heterocycles. The number of esters is 4. The molecule has 2 aliphatic heterocycles. The van der Waals surface area contributed by atoms with Gasteiger partial charge in [0.15, 0.2) is 18.3 Å². The van der Waals surface area contributed by atoms with Crippen LogP contribution in [0.5, 0.6) is 0 Å². The van der Waals surface area contributed by atoms with Gasteiger partial charge in [0.05, 0.1) is 0 Å². The molecule has 2 aliphatic rings. The van der Waals surface area contributed by atoms with Crippen LogP contribution >= 0.6 is 0 Å². The predicted octanol–water partition coefficient (Wildman–Crippen LogP) is 0.607. The second-order valence-corrected chi connectivity index (χ2v) is 6.17. The first-order chi connectivity index (χ1) is 12.7. The third-order valence-corrected chi connectivity index (χ3v) is 3.79. The first-order valence-electron chi connectivity index (χ1n) is 8.41. The van der Waals surface area contributed by atoms with Crippen LogP contribution in [-0.2, 0) is 42.9 Å². The summed E-state index contributed by atoms with van der Waals surface area (Å²) in [5, 5.41) is 0. The highest BCUT2D eigenvalue weighted by atomic mass is 16.6. The fourth-order valence-electron chi connectivity index (χ4n) is 2.66. The van der Waals surface area contributed by atoms with Crippen LogP contribution in [0, 0.1) is 0 Å². The second-order valence-electron chi connectivity index (χ2n) is 6.17. The molecule has 148 valence electrons. The molecule has 0 N–H and O–H groups in total.